The van der Waals surface area contributed by atoms with Gasteiger partial charge in [0.05, 0.1) is 38.2 Å². The van der Waals surface area contributed by atoms with Crippen molar-refractivity contribution < 1.29 is 42.7 Å². The summed E-state index contributed by atoms with van der Waals surface area (Å²) < 4.78 is 25.5. The first-order valence-corrected chi connectivity index (χ1v) is 13.1. The summed E-state index contributed by atoms with van der Waals surface area (Å²) >= 11 is 0. The number of esters is 1. The highest BCUT2D eigenvalue weighted by Gasteiger charge is 2.19. The summed E-state index contributed by atoms with van der Waals surface area (Å²) in [4.78, 5) is 45.5. The smallest absolute Gasteiger partial charge is 0.330 e. The number of rotatable bonds is 12. The maximum Gasteiger partial charge on any atom is 0.330 e. The Balaban J connectivity index is -0.000000442. The van der Waals surface area contributed by atoms with Crippen LogP contribution in [-0.4, -0.2) is 56.0 Å². The van der Waals surface area contributed by atoms with Crippen LogP contribution in [0, 0.1) is 10.1 Å². The number of amides is 2. The molecule has 0 spiro atoms. The van der Waals surface area contributed by atoms with Gasteiger partial charge in [-0.05, 0) is 32.4 Å². The van der Waals surface area contributed by atoms with Crippen molar-refractivity contribution in [2.24, 2.45) is 5.73 Å². The minimum absolute atomic E-state index is 0.0674. The number of hydrogen-bond acceptors (Lipinski definition) is 10. The number of methoxy groups -OCH3 is 1. The van der Waals surface area contributed by atoms with Gasteiger partial charge in [0.15, 0.2) is 0 Å². The number of nitrogens with one attached hydrogen (secondary N) is 1. The summed E-state index contributed by atoms with van der Waals surface area (Å²) in [7, 11) is -1.44. The van der Waals surface area contributed by atoms with E-state index in [1.807, 2.05) is 13.8 Å². The van der Waals surface area contributed by atoms with Gasteiger partial charge >= 0.3 is 13.6 Å². The maximum atomic E-state index is 11.3. The Kier molecular flexibility index (Phi) is 24.7. The highest BCUT2D eigenvalue weighted by Crippen LogP contribution is 2.47. The van der Waals surface area contributed by atoms with E-state index < -0.39 is 24.6 Å². The van der Waals surface area contributed by atoms with Gasteiger partial charge in [-0.3, -0.25) is 18.9 Å². The van der Waals surface area contributed by atoms with E-state index in [0.717, 1.165) is 0 Å². The molecule has 0 fully saturated rings. The highest BCUT2D eigenvalue weighted by molar-refractivity contribution is 7.53. The molecule has 2 amide bonds. The van der Waals surface area contributed by atoms with Crippen molar-refractivity contribution in [1.29, 1.82) is 0 Å². The van der Waals surface area contributed by atoms with Gasteiger partial charge in [0.25, 0.3) is 11.0 Å². The molecule has 1 aromatic carbocycles. The number of nitrogens with zero attached hydrogens (tertiary/aromatic N) is 1. The van der Waals surface area contributed by atoms with E-state index in [9.17, 15) is 29.1 Å². The zero-order valence-corrected chi connectivity index (χ0v) is 23.0. The van der Waals surface area contributed by atoms with Gasteiger partial charge < -0.3 is 29.7 Å². The Bertz CT molecular complexity index is 811. The molecule has 0 aliphatic carbocycles. The SMILES string of the molecule is CC.CC(=O)Nc1ccccc1C(N)=O.CCOP(=O)(CC)OCC.COC(=O)CCCO[N+](=O)[O-]. The van der Waals surface area contributed by atoms with Crippen molar-refractivity contribution in [3.63, 3.8) is 0 Å². The van der Waals surface area contributed by atoms with Crippen molar-refractivity contribution in [3.8, 4) is 0 Å². The Morgan fingerprint density at radius 3 is 2.00 bits per heavy atom. The van der Waals surface area contributed by atoms with Crippen LogP contribution in [0.2, 0.25) is 0 Å². The summed E-state index contributed by atoms with van der Waals surface area (Å²) in [5.41, 5.74) is 5.86. The zero-order valence-electron chi connectivity index (χ0n) is 22.1. The Morgan fingerprint density at radius 1 is 1.08 bits per heavy atom. The van der Waals surface area contributed by atoms with E-state index in [-0.39, 0.29) is 18.9 Å². The lowest BCUT2D eigenvalue weighted by atomic mass is 10.1. The fourth-order valence-corrected chi connectivity index (χ4v) is 3.29. The third kappa shape index (κ3) is 21.5. The van der Waals surface area contributed by atoms with Gasteiger partial charge in [-0.25, -0.2) is 0 Å². The zero-order chi connectivity index (χ0) is 28.6. The van der Waals surface area contributed by atoms with Crippen LogP contribution in [0.15, 0.2) is 24.3 Å². The molecular formula is C22H40N3O10P. The molecule has 13 nitrogen and oxygen atoms in total. The van der Waals surface area contributed by atoms with Crippen LogP contribution in [0.5, 0.6) is 0 Å². The lowest BCUT2D eigenvalue weighted by molar-refractivity contribution is -0.757. The number of ether oxygens (including phenoxy) is 1. The summed E-state index contributed by atoms with van der Waals surface area (Å²) in [6.45, 7) is 11.6. The monoisotopic (exact) mass is 537 g/mol. The predicted molar refractivity (Wildman–Crippen MR) is 136 cm³/mol. The first kappa shape index (κ1) is 37.5. The topological polar surface area (TPSA) is 186 Å². The number of carbonyl (C=O) groups is 3. The summed E-state index contributed by atoms with van der Waals surface area (Å²) in [6.07, 6.45) is 0.896. The van der Waals surface area contributed by atoms with E-state index >= 15 is 0 Å². The third-order valence-electron chi connectivity index (χ3n) is 3.49. The molecule has 0 saturated carbocycles. The molecule has 0 atom stereocenters. The fourth-order valence-electron chi connectivity index (χ4n) is 2.07. The number of anilines is 1. The summed E-state index contributed by atoms with van der Waals surface area (Å²) in [6, 6.07) is 6.60. The van der Waals surface area contributed by atoms with E-state index in [1.54, 1.807) is 45.0 Å². The first-order chi connectivity index (χ1) is 17.0. The molecule has 0 saturated heterocycles. The largest absolute Gasteiger partial charge is 0.469 e. The molecule has 3 N–H and O–H groups in total. The molecule has 1 rings (SSSR count). The molecule has 208 valence electrons. The molecule has 1 aromatic rings. The molecule has 0 bridgehead atoms. The van der Waals surface area contributed by atoms with Crippen LogP contribution in [0.4, 0.5) is 5.69 Å². The van der Waals surface area contributed by atoms with E-state index in [4.69, 9.17) is 14.8 Å². The lowest BCUT2D eigenvalue weighted by Crippen LogP contribution is -2.16. The quantitative estimate of drug-likeness (QED) is 0.129. The van der Waals surface area contributed by atoms with Crippen LogP contribution < -0.4 is 11.1 Å². The van der Waals surface area contributed by atoms with Crippen molar-refractivity contribution >= 4 is 31.1 Å². The molecule has 14 heteroatoms. The minimum Gasteiger partial charge on any atom is -0.469 e. The number of nitrogens with two attached hydrogens (primary N) is 1. The molecule has 36 heavy (non-hydrogen) atoms. The average Bonchev–Trinajstić information content (AvgIpc) is 2.84. The lowest BCUT2D eigenvalue weighted by Gasteiger charge is -2.13. The number of para-hydroxylation sites is 1. The van der Waals surface area contributed by atoms with Crippen molar-refractivity contribution in [2.45, 2.75) is 54.4 Å². The van der Waals surface area contributed by atoms with E-state index in [0.29, 0.717) is 37.0 Å². The van der Waals surface area contributed by atoms with Crippen molar-refractivity contribution in [1.82, 2.24) is 0 Å². The third-order valence-corrected chi connectivity index (χ3v) is 5.57. The maximum absolute atomic E-state index is 11.3. The van der Waals surface area contributed by atoms with Gasteiger partial charge in [-0.1, -0.05) is 32.9 Å². The molecule has 0 aliphatic rings. The van der Waals surface area contributed by atoms with Crippen molar-refractivity contribution in [3.05, 3.63) is 39.9 Å². The van der Waals surface area contributed by atoms with E-state index in [2.05, 4.69) is 14.9 Å². The number of carbonyl (C=O) groups excluding carboxylic acids is 3. The van der Waals surface area contributed by atoms with Crippen LogP contribution in [0.25, 0.3) is 0 Å². The Morgan fingerprint density at radius 2 is 1.61 bits per heavy atom. The average molecular weight is 538 g/mol. The second-order valence-electron chi connectivity index (χ2n) is 6.09. The van der Waals surface area contributed by atoms with Crippen LogP contribution in [-0.2, 0) is 32.8 Å². The first-order valence-electron chi connectivity index (χ1n) is 11.3. The summed E-state index contributed by atoms with van der Waals surface area (Å²) in [5, 5.41) is 11.2. The van der Waals surface area contributed by atoms with Crippen molar-refractivity contribution in [2.75, 3.05) is 38.4 Å². The molecule has 0 unspecified atom stereocenters. The summed E-state index contributed by atoms with van der Waals surface area (Å²) in [5.74, 6) is -1.17. The number of hydrogen-bond donors (Lipinski definition) is 2. The van der Waals surface area contributed by atoms with Crippen LogP contribution >= 0.6 is 7.60 Å². The normalized spacial score (nSPS) is 9.53. The van der Waals surface area contributed by atoms with Gasteiger partial charge in [-0.15, -0.1) is 10.1 Å². The van der Waals surface area contributed by atoms with Gasteiger partial charge in [-0.2, -0.15) is 0 Å². The number of benzene rings is 1. The second-order valence-corrected chi connectivity index (χ2v) is 8.46. The molecule has 0 radical (unpaired) electrons. The molecule has 0 heterocycles. The predicted octanol–water partition coefficient (Wildman–Crippen LogP) is 4.19. The van der Waals surface area contributed by atoms with Crippen LogP contribution in [0.1, 0.15) is 64.7 Å². The minimum atomic E-state index is -2.70. The molecular weight excluding hydrogens is 497 g/mol. The molecule has 0 aromatic heterocycles. The van der Waals surface area contributed by atoms with Gasteiger partial charge in [0, 0.05) is 19.5 Å². The Labute approximate surface area is 212 Å². The van der Waals surface area contributed by atoms with Gasteiger partial charge in [0.1, 0.15) is 0 Å². The highest BCUT2D eigenvalue weighted by atomic mass is 31.2. The Hall–Kier alpha value is -3.02. The fraction of sp³-hybridized carbons (Fsp3) is 0.591. The van der Waals surface area contributed by atoms with Gasteiger partial charge in [0.2, 0.25) is 5.91 Å². The second kappa shape index (κ2) is 23.7. The number of primary amides is 1. The standard InChI is InChI=1S/C9H10N2O2.C6H15O3P.C5H9NO5.C2H6/c1-6(12)11-8-5-3-2-4-7(8)9(10)13;1-4-8-10(7,6-3)9-5-2;1-10-5(7)3-2-4-11-6(8)9;1-2/h2-5H,1H3,(H2,10,13)(H,11,12);4-6H2,1-3H3;2-4H2,1H3;1-2H3. The van der Waals surface area contributed by atoms with E-state index in [1.165, 1.54) is 14.0 Å². The molecule has 0 aliphatic heterocycles. The van der Waals surface area contributed by atoms with Crippen LogP contribution in [0.3, 0.4) is 0 Å².